The predicted octanol–water partition coefficient (Wildman–Crippen LogP) is 9.94. The molecule has 0 aromatic heterocycles. The van der Waals surface area contributed by atoms with Crippen molar-refractivity contribution in [3.05, 3.63) is 71.8 Å². The van der Waals surface area contributed by atoms with Crippen molar-refractivity contribution in [2.24, 2.45) is 34.5 Å². The molecule has 1 heterocycles. The molecule has 0 bridgehead atoms. The third-order valence-corrected chi connectivity index (χ3v) is 18.8. The summed E-state index contributed by atoms with van der Waals surface area (Å²) in [4.78, 5) is 0. The zero-order chi connectivity index (χ0) is 34.1. The molecule has 0 amide bonds. The highest BCUT2D eigenvalue weighted by molar-refractivity contribution is 6.74. The van der Waals surface area contributed by atoms with Crippen molar-refractivity contribution in [1.82, 2.24) is 0 Å². The molecular formula is C42H62O5Si. The van der Waals surface area contributed by atoms with E-state index in [1.165, 1.54) is 30.4 Å². The molecular weight excluding hydrogens is 613 g/mol. The first kappa shape index (κ1) is 34.9. The summed E-state index contributed by atoms with van der Waals surface area (Å²) in [6, 6.07) is 21.3. The highest BCUT2D eigenvalue weighted by atomic mass is 28.4. The number of fused-ring (bicyclic) bond motifs is 8. The Morgan fingerprint density at radius 1 is 0.708 bits per heavy atom. The Balaban J connectivity index is 1.22. The molecule has 264 valence electrons. The molecule has 6 heteroatoms. The fourth-order valence-electron chi connectivity index (χ4n) is 10.8. The molecule has 0 spiro atoms. The minimum atomic E-state index is -1.91. The summed E-state index contributed by atoms with van der Waals surface area (Å²) in [6.45, 7) is 22.6. The molecule has 4 saturated carbocycles. The molecule has 4 aliphatic carbocycles. The van der Waals surface area contributed by atoms with Crippen LogP contribution in [-0.2, 0) is 36.6 Å². The molecule has 2 aromatic carbocycles. The van der Waals surface area contributed by atoms with Crippen molar-refractivity contribution in [3.63, 3.8) is 0 Å². The van der Waals surface area contributed by atoms with Gasteiger partial charge < -0.3 is 23.4 Å². The molecule has 5 nitrogen and oxygen atoms in total. The van der Waals surface area contributed by atoms with Gasteiger partial charge in [0.2, 0.25) is 0 Å². The summed E-state index contributed by atoms with van der Waals surface area (Å²) >= 11 is 0. The lowest BCUT2D eigenvalue weighted by Crippen LogP contribution is -2.67. The lowest BCUT2D eigenvalue weighted by Gasteiger charge is -2.65. The lowest BCUT2D eigenvalue weighted by atomic mass is 9.43. The van der Waals surface area contributed by atoms with Crippen LogP contribution in [0, 0.1) is 34.5 Å². The first-order chi connectivity index (χ1) is 22.6. The van der Waals surface area contributed by atoms with Crippen molar-refractivity contribution in [2.45, 2.75) is 155 Å². The van der Waals surface area contributed by atoms with E-state index in [4.69, 9.17) is 23.4 Å². The van der Waals surface area contributed by atoms with E-state index in [0.717, 1.165) is 19.3 Å². The lowest BCUT2D eigenvalue weighted by molar-refractivity contribution is -0.244. The minimum Gasteiger partial charge on any atom is -0.413 e. The molecule has 5 aliphatic rings. The Hall–Kier alpha value is -1.54. The summed E-state index contributed by atoms with van der Waals surface area (Å²) in [6.07, 6.45) is 7.27. The summed E-state index contributed by atoms with van der Waals surface area (Å²) < 4.78 is 35.3. The Bertz CT molecular complexity index is 1410. The smallest absolute Gasteiger partial charge is 0.192 e. The van der Waals surface area contributed by atoms with E-state index < -0.39 is 14.1 Å². The minimum absolute atomic E-state index is 0.0277. The van der Waals surface area contributed by atoms with Gasteiger partial charge in [-0.15, -0.1) is 0 Å². The summed E-state index contributed by atoms with van der Waals surface area (Å²) in [7, 11) is -1.91. The molecule has 4 unspecified atom stereocenters. The van der Waals surface area contributed by atoms with E-state index in [0.29, 0.717) is 43.0 Å². The zero-order valence-electron chi connectivity index (χ0n) is 31.2. The van der Waals surface area contributed by atoms with Crippen molar-refractivity contribution >= 4 is 8.32 Å². The van der Waals surface area contributed by atoms with Crippen molar-refractivity contribution < 1.29 is 23.4 Å². The Morgan fingerprint density at radius 3 is 1.94 bits per heavy atom. The Kier molecular flexibility index (Phi) is 9.15. The maximum absolute atomic E-state index is 7.31. The molecule has 5 fully saturated rings. The number of ether oxygens (including phenoxy) is 4. The van der Waals surface area contributed by atoms with Crippen molar-refractivity contribution in [2.75, 3.05) is 0 Å². The molecule has 48 heavy (non-hydrogen) atoms. The van der Waals surface area contributed by atoms with Gasteiger partial charge in [-0.3, -0.25) is 0 Å². The number of benzene rings is 2. The van der Waals surface area contributed by atoms with Crippen LogP contribution in [0.4, 0.5) is 0 Å². The van der Waals surface area contributed by atoms with Gasteiger partial charge in [0.05, 0.1) is 43.7 Å². The van der Waals surface area contributed by atoms with Crippen LogP contribution in [0.3, 0.4) is 0 Å². The quantitative estimate of drug-likeness (QED) is 0.261. The monoisotopic (exact) mass is 674 g/mol. The third kappa shape index (κ3) is 6.09. The molecule has 1 aliphatic heterocycles. The van der Waals surface area contributed by atoms with E-state index in [1.807, 2.05) is 0 Å². The van der Waals surface area contributed by atoms with Gasteiger partial charge in [-0.1, -0.05) is 95.3 Å². The topological polar surface area (TPSA) is 46.2 Å². The van der Waals surface area contributed by atoms with Crippen LogP contribution in [0.25, 0.3) is 0 Å². The van der Waals surface area contributed by atoms with Crippen LogP contribution in [0.5, 0.6) is 0 Å². The fourth-order valence-corrected chi connectivity index (χ4v) is 12.2. The van der Waals surface area contributed by atoms with Crippen LogP contribution in [-0.4, -0.2) is 44.6 Å². The Morgan fingerprint density at radius 2 is 1.31 bits per heavy atom. The highest BCUT2D eigenvalue weighted by Gasteiger charge is 2.71. The number of hydrogen-bond acceptors (Lipinski definition) is 5. The molecule has 1 saturated heterocycles. The Labute approximate surface area is 291 Å². The largest absolute Gasteiger partial charge is 0.413 e. The molecule has 0 N–H and O–H groups in total. The second kappa shape index (κ2) is 12.6. The van der Waals surface area contributed by atoms with E-state index in [1.54, 1.807) is 0 Å². The van der Waals surface area contributed by atoms with Crippen LogP contribution >= 0.6 is 0 Å². The number of rotatable bonds is 8. The van der Waals surface area contributed by atoms with Gasteiger partial charge in [0.1, 0.15) is 0 Å². The predicted molar refractivity (Wildman–Crippen MR) is 194 cm³/mol. The fraction of sp³-hybridized carbons (Fsp3) is 0.714. The van der Waals surface area contributed by atoms with Gasteiger partial charge in [0, 0.05) is 11.8 Å². The summed E-state index contributed by atoms with van der Waals surface area (Å²) in [5.41, 5.74) is 2.56. The molecule has 0 radical (unpaired) electrons. The van der Waals surface area contributed by atoms with Gasteiger partial charge in [-0.2, -0.15) is 0 Å². The summed E-state index contributed by atoms with van der Waals surface area (Å²) in [5, 5.41) is 0.201. The van der Waals surface area contributed by atoms with Gasteiger partial charge in [-0.05, 0) is 104 Å². The SMILES string of the molecule is CC1(C)O[C@@H]2C3C(CC[C@@]4(C)C3CC[C@@H]4O[Si](C)(C)C(C)(C)C)[C@]3(C)C(C[C@H](OCc4ccccc4)C[C@@H]3OCc3ccccc3)[C@H]2O1. The standard InChI is InChI=1S/C42H62O5Si/c1-39(2,3)48(8,9)47-34-21-20-31-36-32(22-23-41(31,34)6)42(7)33(37-38(36)46-40(4,5)45-37)24-30(43-26-28-16-12-10-13-17-28)25-35(42)44-27-29-18-14-11-15-19-29/h10-19,30-38H,20-27H2,1-9H3/t30-,31?,32?,33?,34-,35-,36?,37+,38+,41-,42+/m0/s1. The highest BCUT2D eigenvalue weighted by Crippen LogP contribution is 2.69. The second-order valence-corrected chi connectivity index (χ2v) is 23.2. The van der Waals surface area contributed by atoms with Gasteiger partial charge >= 0.3 is 0 Å². The van der Waals surface area contributed by atoms with E-state index in [-0.39, 0.29) is 40.3 Å². The molecule has 11 atom stereocenters. The average molecular weight is 675 g/mol. The maximum Gasteiger partial charge on any atom is 0.192 e. The van der Waals surface area contributed by atoms with Crippen LogP contribution in [0.1, 0.15) is 98.1 Å². The van der Waals surface area contributed by atoms with Gasteiger partial charge in [-0.25, -0.2) is 0 Å². The first-order valence-electron chi connectivity index (χ1n) is 19.0. The second-order valence-electron chi connectivity index (χ2n) is 18.5. The first-order valence-corrected chi connectivity index (χ1v) is 21.9. The third-order valence-electron chi connectivity index (χ3n) is 14.3. The van der Waals surface area contributed by atoms with Crippen LogP contribution in [0.2, 0.25) is 18.1 Å². The molecule has 2 aromatic rings. The number of hydrogen-bond donors (Lipinski definition) is 0. The average Bonchev–Trinajstić information content (AvgIpc) is 3.54. The zero-order valence-corrected chi connectivity index (χ0v) is 32.2. The van der Waals surface area contributed by atoms with Crippen molar-refractivity contribution in [3.8, 4) is 0 Å². The van der Waals surface area contributed by atoms with Crippen molar-refractivity contribution in [1.29, 1.82) is 0 Å². The van der Waals surface area contributed by atoms with Gasteiger partial charge in [0.25, 0.3) is 0 Å². The van der Waals surface area contributed by atoms with Crippen LogP contribution < -0.4 is 0 Å². The maximum atomic E-state index is 7.31. The summed E-state index contributed by atoms with van der Waals surface area (Å²) in [5.74, 6) is 1.17. The van der Waals surface area contributed by atoms with Gasteiger partial charge in [0.15, 0.2) is 14.1 Å². The van der Waals surface area contributed by atoms with E-state index >= 15 is 0 Å². The van der Waals surface area contributed by atoms with Crippen LogP contribution in [0.15, 0.2) is 60.7 Å². The van der Waals surface area contributed by atoms with E-state index in [2.05, 4.69) is 122 Å². The van der Waals surface area contributed by atoms with E-state index in [9.17, 15) is 0 Å². The normalized spacial score (nSPS) is 40.5. The molecule has 7 rings (SSSR count).